The lowest BCUT2D eigenvalue weighted by Gasteiger charge is -2.12. The summed E-state index contributed by atoms with van der Waals surface area (Å²) in [5.74, 6) is -0.403. The van der Waals surface area contributed by atoms with Gasteiger partial charge in [-0.15, -0.1) is 0 Å². The molecule has 0 saturated heterocycles. The molecule has 6 heteroatoms. The number of aliphatic imine (C=N–C) groups is 1. The van der Waals surface area contributed by atoms with Gasteiger partial charge in [-0.3, -0.25) is 9.89 Å². The molecule has 0 radical (unpaired) electrons. The molecule has 0 amide bonds. The molecule has 0 bridgehead atoms. The van der Waals surface area contributed by atoms with Gasteiger partial charge in [-0.25, -0.2) is 9.78 Å². The first-order valence-corrected chi connectivity index (χ1v) is 4.65. The number of aromatic nitrogens is 1. The average molecular weight is 218 g/mol. The molecule has 6 nitrogen and oxygen atoms in total. The van der Waals surface area contributed by atoms with Crippen LogP contribution in [0.4, 0.5) is 5.82 Å². The predicted molar refractivity (Wildman–Crippen MR) is 58.9 cm³/mol. The van der Waals surface area contributed by atoms with Crippen molar-refractivity contribution in [3.05, 3.63) is 36.3 Å². The monoisotopic (exact) mass is 218 g/mol. The first-order valence-electron chi connectivity index (χ1n) is 4.65. The maximum absolute atomic E-state index is 10.9. The van der Waals surface area contributed by atoms with Crippen LogP contribution in [0.5, 0.6) is 0 Å². The van der Waals surface area contributed by atoms with E-state index < -0.39 is 5.97 Å². The third kappa shape index (κ3) is 2.17. The van der Waals surface area contributed by atoms with Gasteiger partial charge in [-0.2, -0.15) is 0 Å². The highest BCUT2D eigenvalue weighted by molar-refractivity contribution is 5.90. The van der Waals surface area contributed by atoms with Crippen molar-refractivity contribution in [1.82, 2.24) is 10.3 Å². The molecule has 0 aliphatic carbocycles. The van der Waals surface area contributed by atoms with Crippen molar-refractivity contribution in [3.63, 3.8) is 0 Å². The van der Waals surface area contributed by atoms with Crippen molar-refractivity contribution in [2.45, 2.75) is 0 Å². The highest BCUT2D eigenvalue weighted by atomic mass is 16.4. The van der Waals surface area contributed by atoms with E-state index in [1.807, 2.05) is 6.07 Å². The number of aliphatic carboxylic acids is 1. The Kier molecular flexibility index (Phi) is 2.81. The number of hydrogen-bond acceptors (Lipinski definition) is 5. The van der Waals surface area contributed by atoms with Gasteiger partial charge in [0.15, 0.2) is 0 Å². The molecule has 2 rings (SSSR count). The maximum atomic E-state index is 10.9. The van der Waals surface area contributed by atoms with Crippen molar-refractivity contribution in [2.24, 2.45) is 4.99 Å². The predicted octanol–water partition coefficient (Wildman–Crippen LogP) is 0.403. The Bertz CT molecular complexity index is 441. The Labute approximate surface area is 91.9 Å². The number of anilines is 1. The van der Waals surface area contributed by atoms with Crippen molar-refractivity contribution in [3.8, 4) is 0 Å². The number of nitrogens with one attached hydrogen (secondary N) is 1. The molecule has 82 valence electrons. The smallest absolute Gasteiger partial charge is 0.353 e. The normalized spacial score (nSPS) is 15.0. The number of hydrogen-bond donors (Lipinski definition) is 2. The van der Waals surface area contributed by atoms with E-state index in [9.17, 15) is 4.79 Å². The zero-order chi connectivity index (χ0) is 11.4. The number of rotatable bonds is 2. The summed E-state index contributed by atoms with van der Waals surface area (Å²) in [6.45, 7) is 0.238. The molecule has 0 fully saturated rings. The van der Waals surface area contributed by atoms with Crippen LogP contribution in [0.1, 0.15) is 0 Å². The SMILES string of the molecule is O=C(O)C1=CN(c2ccccn2)C=NCN1. The van der Waals surface area contributed by atoms with Crippen molar-refractivity contribution in [2.75, 3.05) is 11.6 Å². The van der Waals surface area contributed by atoms with Gasteiger partial charge < -0.3 is 10.4 Å². The van der Waals surface area contributed by atoms with Crippen LogP contribution in [0.25, 0.3) is 0 Å². The Morgan fingerprint density at radius 1 is 1.50 bits per heavy atom. The zero-order valence-electron chi connectivity index (χ0n) is 8.37. The molecule has 0 saturated carbocycles. The van der Waals surface area contributed by atoms with Gasteiger partial charge in [0.2, 0.25) is 0 Å². The molecule has 0 atom stereocenters. The lowest BCUT2D eigenvalue weighted by molar-refractivity contribution is -0.133. The molecule has 1 aromatic rings. The summed E-state index contributed by atoms with van der Waals surface area (Å²) in [5, 5.41) is 11.6. The lowest BCUT2D eigenvalue weighted by atomic mass is 10.4. The van der Waals surface area contributed by atoms with E-state index in [4.69, 9.17) is 5.11 Å². The average Bonchev–Trinajstić information content (AvgIpc) is 2.56. The number of carbonyl (C=O) groups is 1. The fourth-order valence-electron chi connectivity index (χ4n) is 1.24. The number of carboxylic acid groups (broad SMARTS) is 1. The number of carboxylic acids is 1. The van der Waals surface area contributed by atoms with Gasteiger partial charge in [0.25, 0.3) is 0 Å². The second kappa shape index (κ2) is 4.43. The van der Waals surface area contributed by atoms with Crippen molar-refractivity contribution >= 4 is 18.1 Å². The van der Waals surface area contributed by atoms with E-state index in [0.717, 1.165) is 0 Å². The fraction of sp³-hybridized carbons (Fsp3) is 0.100. The number of pyridine rings is 1. The van der Waals surface area contributed by atoms with Crippen LogP contribution in [0.3, 0.4) is 0 Å². The summed E-state index contributed by atoms with van der Waals surface area (Å²) >= 11 is 0. The lowest BCUT2D eigenvalue weighted by Crippen LogP contribution is -2.21. The van der Waals surface area contributed by atoms with Gasteiger partial charge in [0.05, 0.1) is 6.34 Å². The standard InChI is InChI=1S/C10H10N4O2/c15-10(16)8-5-14(7-11-6-13-8)9-3-1-2-4-12-9/h1-5,7,13H,6H2,(H,15,16). The molecule has 2 heterocycles. The largest absolute Gasteiger partial charge is 0.477 e. The van der Waals surface area contributed by atoms with Crippen LogP contribution < -0.4 is 10.2 Å². The highest BCUT2D eigenvalue weighted by Gasteiger charge is 2.12. The van der Waals surface area contributed by atoms with Crippen LogP contribution >= 0.6 is 0 Å². The highest BCUT2D eigenvalue weighted by Crippen LogP contribution is 2.10. The van der Waals surface area contributed by atoms with Crippen LogP contribution in [0.15, 0.2) is 41.3 Å². The van der Waals surface area contributed by atoms with E-state index in [-0.39, 0.29) is 12.4 Å². The summed E-state index contributed by atoms with van der Waals surface area (Å²) in [6.07, 6.45) is 4.61. The maximum Gasteiger partial charge on any atom is 0.353 e. The van der Waals surface area contributed by atoms with Gasteiger partial charge in [0, 0.05) is 12.4 Å². The van der Waals surface area contributed by atoms with Crippen LogP contribution in [0, 0.1) is 0 Å². The summed E-state index contributed by atoms with van der Waals surface area (Å²) in [7, 11) is 0. The third-order valence-electron chi connectivity index (χ3n) is 1.98. The summed E-state index contributed by atoms with van der Waals surface area (Å²) in [6, 6.07) is 5.38. The molecule has 1 aromatic heterocycles. The van der Waals surface area contributed by atoms with Gasteiger partial charge >= 0.3 is 5.97 Å². The first-order chi connectivity index (χ1) is 7.77. The van der Waals surface area contributed by atoms with Gasteiger partial charge in [-0.05, 0) is 12.1 Å². The van der Waals surface area contributed by atoms with Crippen LogP contribution in [0.2, 0.25) is 0 Å². The fourth-order valence-corrected chi connectivity index (χ4v) is 1.24. The molecular weight excluding hydrogens is 208 g/mol. The van der Waals surface area contributed by atoms with Crippen LogP contribution in [-0.2, 0) is 4.79 Å². The van der Waals surface area contributed by atoms with E-state index in [2.05, 4.69) is 15.3 Å². The summed E-state index contributed by atoms with van der Waals surface area (Å²) < 4.78 is 0. The molecule has 0 spiro atoms. The minimum Gasteiger partial charge on any atom is -0.477 e. The molecule has 2 N–H and O–H groups in total. The molecule has 16 heavy (non-hydrogen) atoms. The van der Waals surface area contributed by atoms with Gasteiger partial charge in [-0.1, -0.05) is 6.07 Å². The second-order valence-electron chi connectivity index (χ2n) is 3.08. The third-order valence-corrected chi connectivity index (χ3v) is 1.98. The quantitative estimate of drug-likeness (QED) is 0.751. The van der Waals surface area contributed by atoms with E-state index in [1.54, 1.807) is 23.2 Å². The first kappa shape index (κ1) is 10.2. The molecule has 1 aliphatic rings. The van der Waals surface area contributed by atoms with Gasteiger partial charge in [0.1, 0.15) is 18.2 Å². The number of nitrogens with zero attached hydrogens (tertiary/aromatic N) is 3. The molecule has 1 aliphatic heterocycles. The minimum absolute atomic E-state index is 0.0863. The van der Waals surface area contributed by atoms with E-state index >= 15 is 0 Å². The van der Waals surface area contributed by atoms with E-state index in [0.29, 0.717) is 5.82 Å². The summed E-state index contributed by atoms with van der Waals surface area (Å²) in [4.78, 5) is 20.5. The molecule has 0 aromatic carbocycles. The van der Waals surface area contributed by atoms with Crippen molar-refractivity contribution < 1.29 is 9.90 Å². The molecule has 0 unspecified atom stereocenters. The zero-order valence-corrected chi connectivity index (χ0v) is 8.37. The molecular formula is C10H10N4O2. The van der Waals surface area contributed by atoms with E-state index in [1.165, 1.54) is 12.5 Å². The Balaban J connectivity index is 2.32. The Morgan fingerprint density at radius 3 is 3.06 bits per heavy atom. The Morgan fingerprint density at radius 2 is 2.38 bits per heavy atom. The summed E-state index contributed by atoms with van der Waals surface area (Å²) in [5.41, 5.74) is 0.0863. The Hall–Kier alpha value is -2.37. The van der Waals surface area contributed by atoms with Crippen LogP contribution in [-0.4, -0.2) is 29.1 Å². The van der Waals surface area contributed by atoms with Crippen molar-refractivity contribution in [1.29, 1.82) is 0 Å². The second-order valence-corrected chi connectivity index (χ2v) is 3.08. The minimum atomic E-state index is -1.02. The topological polar surface area (TPSA) is 77.8 Å².